The standard InChI is InChI=1S/C15H16Cl2N2/c1-3-18-15(11-5-4-10(2)19-9-11)13-8-12(16)6-7-14(13)17/h4-9,15,18H,3H2,1-2H3. The van der Waals surface area contributed by atoms with Crippen LogP contribution in [0.25, 0.3) is 0 Å². The van der Waals surface area contributed by atoms with E-state index in [0.29, 0.717) is 10.0 Å². The van der Waals surface area contributed by atoms with E-state index in [1.807, 2.05) is 31.3 Å². The van der Waals surface area contributed by atoms with Gasteiger partial charge in [0.15, 0.2) is 0 Å². The Hall–Kier alpha value is -1.09. The van der Waals surface area contributed by atoms with Gasteiger partial charge in [0.2, 0.25) is 0 Å². The molecule has 0 bridgehead atoms. The predicted molar refractivity (Wildman–Crippen MR) is 81.0 cm³/mol. The monoisotopic (exact) mass is 294 g/mol. The van der Waals surface area contributed by atoms with Gasteiger partial charge < -0.3 is 5.32 Å². The van der Waals surface area contributed by atoms with E-state index in [2.05, 4.69) is 23.3 Å². The summed E-state index contributed by atoms with van der Waals surface area (Å²) < 4.78 is 0. The topological polar surface area (TPSA) is 24.9 Å². The molecule has 0 spiro atoms. The van der Waals surface area contributed by atoms with Crippen LogP contribution in [0.3, 0.4) is 0 Å². The molecule has 1 N–H and O–H groups in total. The summed E-state index contributed by atoms with van der Waals surface area (Å²) in [6.45, 7) is 4.87. The second kappa shape index (κ2) is 6.38. The number of nitrogens with zero attached hydrogens (tertiary/aromatic N) is 1. The molecule has 0 fully saturated rings. The summed E-state index contributed by atoms with van der Waals surface area (Å²) in [5, 5.41) is 4.81. The molecule has 1 unspecified atom stereocenters. The van der Waals surface area contributed by atoms with Gasteiger partial charge in [-0.3, -0.25) is 4.98 Å². The van der Waals surface area contributed by atoms with Crippen LogP contribution in [0.5, 0.6) is 0 Å². The van der Waals surface area contributed by atoms with Crippen molar-refractivity contribution in [3.63, 3.8) is 0 Å². The van der Waals surface area contributed by atoms with E-state index in [4.69, 9.17) is 23.2 Å². The number of hydrogen-bond donors (Lipinski definition) is 1. The Morgan fingerprint density at radius 1 is 1.21 bits per heavy atom. The molecule has 0 saturated heterocycles. The number of benzene rings is 1. The van der Waals surface area contributed by atoms with Crippen molar-refractivity contribution in [2.24, 2.45) is 0 Å². The first-order valence-corrected chi connectivity index (χ1v) is 6.98. The minimum atomic E-state index is 0.00398. The van der Waals surface area contributed by atoms with E-state index in [1.165, 1.54) is 0 Å². The zero-order chi connectivity index (χ0) is 13.8. The maximum atomic E-state index is 6.29. The van der Waals surface area contributed by atoms with E-state index < -0.39 is 0 Å². The Kier molecular flexibility index (Phi) is 4.81. The maximum absolute atomic E-state index is 6.29. The van der Waals surface area contributed by atoms with Gasteiger partial charge in [-0.1, -0.05) is 36.2 Å². The summed E-state index contributed by atoms with van der Waals surface area (Å²) in [5.74, 6) is 0. The number of pyridine rings is 1. The SMILES string of the molecule is CCNC(c1ccc(C)nc1)c1cc(Cl)ccc1Cl. The summed E-state index contributed by atoms with van der Waals surface area (Å²) in [4.78, 5) is 4.34. The fraction of sp³-hybridized carbons (Fsp3) is 0.267. The van der Waals surface area contributed by atoms with Crippen LogP contribution in [0.2, 0.25) is 10.0 Å². The van der Waals surface area contributed by atoms with Crippen molar-refractivity contribution >= 4 is 23.2 Å². The molecule has 0 saturated carbocycles. The Bertz CT molecular complexity index is 553. The van der Waals surface area contributed by atoms with Gasteiger partial charge in [0.25, 0.3) is 0 Å². The highest BCUT2D eigenvalue weighted by Gasteiger charge is 2.16. The van der Waals surface area contributed by atoms with E-state index in [0.717, 1.165) is 23.4 Å². The maximum Gasteiger partial charge on any atom is 0.0607 e. The molecule has 2 nitrogen and oxygen atoms in total. The third kappa shape index (κ3) is 3.47. The zero-order valence-corrected chi connectivity index (χ0v) is 12.5. The van der Waals surface area contributed by atoms with E-state index in [-0.39, 0.29) is 6.04 Å². The molecular weight excluding hydrogens is 279 g/mol. The third-order valence-electron chi connectivity index (χ3n) is 2.94. The fourth-order valence-corrected chi connectivity index (χ4v) is 2.40. The molecule has 0 aliphatic carbocycles. The molecule has 0 aliphatic rings. The lowest BCUT2D eigenvalue weighted by molar-refractivity contribution is 0.628. The largest absolute Gasteiger partial charge is 0.306 e. The highest BCUT2D eigenvalue weighted by Crippen LogP contribution is 2.30. The molecule has 100 valence electrons. The quantitative estimate of drug-likeness (QED) is 0.904. The normalized spacial score (nSPS) is 12.4. The van der Waals surface area contributed by atoms with Crippen molar-refractivity contribution in [2.75, 3.05) is 6.54 Å². The van der Waals surface area contributed by atoms with Crippen molar-refractivity contribution in [1.29, 1.82) is 0 Å². The number of aromatic nitrogens is 1. The van der Waals surface area contributed by atoms with Crippen LogP contribution in [0, 0.1) is 6.92 Å². The van der Waals surface area contributed by atoms with Gasteiger partial charge in [-0.05, 0) is 48.9 Å². The third-order valence-corrected chi connectivity index (χ3v) is 3.52. The molecular formula is C15H16Cl2N2. The molecule has 1 aromatic carbocycles. The van der Waals surface area contributed by atoms with Crippen LogP contribution in [-0.4, -0.2) is 11.5 Å². The van der Waals surface area contributed by atoms with Crippen LogP contribution in [0.4, 0.5) is 0 Å². The second-order valence-corrected chi connectivity index (χ2v) is 5.23. The lowest BCUT2D eigenvalue weighted by Gasteiger charge is -2.20. The molecule has 0 amide bonds. The van der Waals surface area contributed by atoms with Gasteiger partial charge in [0.05, 0.1) is 6.04 Å². The molecule has 0 aliphatic heterocycles. The van der Waals surface area contributed by atoms with E-state index in [1.54, 1.807) is 6.07 Å². The Morgan fingerprint density at radius 3 is 2.63 bits per heavy atom. The molecule has 19 heavy (non-hydrogen) atoms. The predicted octanol–water partition coefficient (Wildman–Crippen LogP) is 4.40. The van der Waals surface area contributed by atoms with Gasteiger partial charge in [-0.25, -0.2) is 0 Å². The van der Waals surface area contributed by atoms with Crippen molar-refractivity contribution < 1.29 is 0 Å². The van der Waals surface area contributed by atoms with Crippen molar-refractivity contribution in [3.05, 3.63) is 63.4 Å². The first kappa shape index (κ1) is 14.3. The first-order chi connectivity index (χ1) is 9.11. The minimum absolute atomic E-state index is 0.00398. The summed E-state index contributed by atoms with van der Waals surface area (Å²) >= 11 is 12.4. The van der Waals surface area contributed by atoms with Crippen LogP contribution in [0.15, 0.2) is 36.5 Å². The average Bonchev–Trinajstić information content (AvgIpc) is 2.40. The van der Waals surface area contributed by atoms with Gasteiger partial charge in [-0.2, -0.15) is 0 Å². The molecule has 2 rings (SSSR count). The summed E-state index contributed by atoms with van der Waals surface area (Å²) in [5.41, 5.74) is 3.05. The van der Waals surface area contributed by atoms with Gasteiger partial charge >= 0.3 is 0 Å². The first-order valence-electron chi connectivity index (χ1n) is 6.22. The van der Waals surface area contributed by atoms with Crippen LogP contribution >= 0.6 is 23.2 Å². The molecule has 2 aromatic rings. The average molecular weight is 295 g/mol. The van der Waals surface area contributed by atoms with Crippen LogP contribution < -0.4 is 5.32 Å². The van der Waals surface area contributed by atoms with Crippen LogP contribution in [-0.2, 0) is 0 Å². The van der Waals surface area contributed by atoms with Gasteiger partial charge in [0.1, 0.15) is 0 Å². The zero-order valence-electron chi connectivity index (χ0n) is 11.0. The summed E-state index contributed by atoms with van der Waals surface area (Å²) in [6.07, 6.45) is 1.87. The minimum Gasteiger partial charge on any atom is -0.306 e. The summed E-state index contributed by atoms with van der Waals surface area (Å²) in [6, 6.07) is 9.58. The van der Waals surface area contributed by atoms with Crippen molar-refractivity contribution in [3.8, 4) is 0 Å². The molecule has 4 heteroatoms. The molecule has 1 heterocycles. The Labute approximate surface area is 123 Å². The lowest BCUT2D eigenvalue weighted by atomic mass is 10.00. The highest BCUT2D eigenvalue weighted by atomic mass is 35.5. The number of hydrogen-bond acceptors (Lipinski definition) is 2. The van der Waals surface area contributed by atoms with Crippen molar-refractivity contribution in [1.82, 2.24) is 10.3 Å². The van der Waals surface area contributed by atoms with Gasteiger partial charge in [-0.15, -0.1) is 0 Å². The second-order valence-electron chi connectivity index (χ2n) is 4.39. The van der Waals surface area contributed by atoms with Crippen molar-refractivity contribution in [2.45, 2.75) is 19.9 Å². The Morgan fingerprint density at radius 2 is 2.00 bits per heavy atom. The van der Waals surface area contributed by atoms with E-state index in [9.17, 15) is 0 Å². The number of nitrogens with one attached hydrogen (secondary N) is 1. The fourth-order valence-electron chi connectivity index (χ4n) is 2.00. The van der Waals surface area contributed by atoms with Crippen LogP contribution in [0.1, 0.15) is 29.8 Å². The lowest BCUT2D eigenvalue weighted by Crippen LogP contribution is -2.22. The smallest absolute Gasteiger partial charge is 0.0607 e. The van der Waals surface area contributed by atoms with E-state index >= 15 is 0 Å². The molecule has 1 atom stereocenters. The summed E-state index contributed by atoms with van der Waals surface area (Å²) in [7, 11) is 0. The number of halogens is 2. The molecule has 1 aromatic heterocycles. The Balaban J connectivity index is 2.44. The highest BCUT2D eigenvalue weighted by molar-refractivity contribution is 6.33. The number of rotatable bonds is 4. The van der Waals surface area contributed by atoms with Gasteiger partial charge in [0, 0.05) is 21.9 Å². The number of aryl methyl sites for hydroxylation is 1. The molecule has 0 radical (unpaired) electrons.